The highest BCUT2D eigenvalue weighted by atomic mass is 32.2. The second kappa shape index (κ2) is 5.08. The highest BCUT2D eigenvalue weighted by Gasteiger charge is 2.02. The highest BCUT2D eigenvalue weighted by molar-refractivity contribution is 7.90. The SMILES string of the molecule is CS(=O)(=O)CCOCn1ccc(=O)[nH]c1=O. The van der Waals surface area contributed by atoms with Crippen LogP contribution in [0, 0.1) is 0 Å². The molecule has 0 aliphatic rings. The molecule has 0 bridgehead atoms. The van der Waals surface area contributed by atoms with Gasteiger partial charge in [0.05, 0.1) is 12.4 Å². The van der Waals surface area contributed by atoms with E-state index in [1.165, 1.54) is 12.3 Å². The van der Waals surface area contributed by atoms with Crippen LogP contribution in [0.4, 0.5) is 0 Å². The van der Waals surface area contributed by atoms with E-state index in [1.54, 1.807) is 0 Å². The molecule has 0 spiro atoms. The molecular weight excluding hydrogens is 236 g/mol. The fraction of sp³-hybridized carbons (Fsp3) is 0.500. The summed E-state index contributed by atoms with van der Waals surface area (Å²) in [6, 6.07) is 1.18. The number of rotatable bonds is 5. The summed E-state index contributed by atoms with van der Waals surface area (Å²) in [7, 11) is -3.07. The van der Waals surface area contributed by atoms with E-state index >= 15 is 0 Å². The largest absolute Gasteiger partial charge is 0.360 e. The molecule has 0 fully saturated rings. The first kappa shape index (κ1) is 12.7. The number of hydrogen-bond acceptors (Lipinski definition) is 5. The number of nitrogens with zero attached hydrogens (tertiary/aromatic N) is 1. The van der Waals surface area contributed by atoms with Crippen LogP contribution in [0.3, 0.4) is 0 Å². The lowest BCUT2D eigenvalue weighted by Gasteiger charge is -2.05. The van der Waals surface area contributed by atoms with Gasteiger partial charge in [0.2, 0.25) is 0 Å². The van der Waals surface area contributed by atoms with Gasteiger partial charge in [-0.05, 0) is 0 Å². The van der Waals surface area contributed by atoms with Crippen LogP contribution in [0.2, 0.25) is 0 Å². The lowest BCUT2D eigenvalue weighted by Crippen LogP contribution is -2.29. The molecule has 0 saturated carbocycles. The Hall–Kier alpha value is -1.41. The van der Waals surface area contributed by atoms with Gasteiger partial charge in [-0.3, -0.25) is 14.3 Å². The first-order valence-corrected chi connectivity index (χ1v) is 6.50. The molecule has 0 aliphatic heterocycles. The summed E-state index contributed by atoms with van der Waals surface area (Å²) in [6.07, 6.45) is 2.38. The number of ether oxygens (including phenoxy) is 1. The van der Waals surface area contributed by atoms with Crippen LogP contribution in [-0.4, -0.2) is 36.6 Å². The molecule has 0 aromatic carbocycles. The predicted molar refractivity (Wildman–Crippen MR) is 57.0 cm³/mol. The van der Waals surface area contributed by atoms with E-state index in [-0.39, 0.29) is 19.1 Å². The third kappa shape index (κ3) is 4.41. The third-order valence-corrected chi connectivity index (χ3v) is 2.63. The molecular formula is C8H12N2O5S. The molecule has 0 amide bonds. The van der Waals surface area contributed by atoms with E-state index in [1.807, 2.05) is 4.98 Å². The summed E-state index contributed by atoms with van der Waals surface area (Å²) in [5.41, 5.74) is -1.08. The summed E-state index contributed by atoms with van der Waals surface area (Å²) in [5, 5.41) is 0. The van der Waals surface area contributed by atoms with Crippen LogP contribution in [0.25, 0.3) is 0 Å². The Kier molecular flexibility index (Phi) is 4.02. The molecule has 1 rings (SSSR count). The molecule has 1 N–H and O–H groups in total. The normalized spacial score (nSPS) is 11.6. The van der Waals surface area contributed by atoms with Crippen LogP contribution in [0.15, 0.2) is 21.9 Å². The van der Waals surface area contributed by atoms with Crippen molar-refractivity contribution >= 4 is 9.84 Å². The molecule has 1 aromatic rings. The van der Waals surface area contributed by atoms with Gasteiger partial charge in [-0.15, -0.1) is 0 Å². The average Bonchev–Trinajstić information content (AvgIpc) is 2.13. The standard InChI is InChI=1S/C8H12N2O5S/c1-16(13,14)5-4-15-6-10-3-2-7(11)9-8(10)12/h2-3H,4-6H2,1H3,(H,9,11,12). The monoisotopic (exact) mass is 248 g/mol. The Morgan fingerprint density at radius 3 is 2.69 bits per heavy atom. The van der Waals surface area contributed by atoms with Crippen molar-refractivity contribution in [3.8, 4) is 0 Å². The minimum absolute atomic E-state index is 0.00436. The van der Waals surface area contributed by atoms with Gasteiger partial charge in [0.15, 0.2) is 0 Å². The number of H-pyrrole nitrogens is 1. The first-order valence-electron chi connectivity index (χ1n) is 4.44. The van der Waals surface area contributed by atoms with Gasteiger partial charge >= 0.3 is 5.69 Å². The lowest BCUT2D eigenvalue weighted by molar-refractivity contribution is 0.0856. The van der Waals surface area contributed by atoms with E-state index in [0.717, 1.165) is 10.8 Å². The smallest absolute Gasteiger partial charge is 0.330 e. The van der Waals surface area contributed by atoms with Gasteiger partial charge in [0.25, 0.3) is 5.56 Å². The van der Waals surface area contributed by atoms with Crippen LogP contribution in [0.1, 0.15) is 0 Å². The van der Waals surface area contributed by atoms with E-state index in [2.05, 4.69) is 0 Å². The molecule has 8 heteroatoms. The van der Waals surface area contributed by atoms with Crippen LogP contribution < -0.4 is 11.2 Å². The fourth-order valence-corrected chi connectivity index (χ4v) is 1.34. The van der Waals surface area contributed by atoms with Crippen molar-refractivity contribution in [2.45, 2.75) is 6.73 Å². The molecule has 0 atom stereocenters. The van der Waals surface area contributed by atoms with Crippen molar-refractivity contribution < 1.29 is 13.2 Å². The zero-order valence-electron chi connectivity index (χ0n) is 8.67. The second-order valence-corrected chi connectivity index (χ2v) is 5.51. The Balaban J connectivity index is 2.50. The van der Waals surface area contributed by atoms with Crippen molar-refractivity contribution in [2.75, 3.05) is 18.6 Å². The lowest BCUT2D eigenvalue weighted by atomic mass is 10.6. The first-order chi connectivity index (χ1) is 7.38. The Labute approximate surface area is 91.6 Å². The maximum atomic E-state index is 11.1. The quantitative estimate of drug-likeness (QED) is 0.643. The maximum absolute atomic E-state index is 11.1. The minimum Gasteiger partial charge on any atom is -0.360 e. The predicted octanol–water partition coefficient (Wildman–Crippen LogP) is -1.44. The summed E-state index contributed by atoms with van der Waals surface area (Å²) < 4.78 is 27.6. The van der Waals surface area contributed by atoms with Gasteiger partial charge < -0.3 is 4.74 Å². The number of aromatic amines is 1. The van der Waals surface area contributed by atoms with Crippen LogP contribution in [-0.2, 0) is 21.3 Å². The number of nitrogens with one attached hydrogen (secondary N) is 1. The maximum Gasteiger partial charge on any atom is 0.330 e. The second-order valence-electron chi connectivity index (χ2n) is 3.25. The third-order valence-electron chi connectivity index (χ3n) is 1.73. The van der Waals surface area contributed by atoms with Gasteiger partial charge in [0.1, 0.15) is 16.6 Å². The van der Waals surface area contributed by atoms with Crippen LogP contribution >= 0.6 is 0 Å². The number of aromatic nitrogens is 2. The molecule has 0 unspecified atom stereocenters. The van der Waals surface area contributed by atoms with Crippen molar-refractivity contribution in [2.24, 2.45) is 0 Å². The van der Waals surface area contributed by atoms with E-state index in [0.29, 0.717) is 0 Å². The molecule has 0 aliphatic carbocycles. The Bertz CT molecular complexity index is 556. The van der Waals surface area contributed by atoms with Crippen molar-refractivity contribution in [3.63, 3.8) is 0 Å². The molecule has 16 heavy (non-hydrogen) atoms. The molecule has 1 aromatic heterocycles. The highest BCUT2D eigenvalue weighted by Crippen LogP contribution is 1.86. The zero-order chi connectivity index (χ0) is 12.2. The molecule has 0 saturated heterocycles. The van der Waals surface area contributed by atoms with E-state index in [9.17, 15) is 18.0 Å². The molecule has 1 heterocycles. The number of sulfone groups is 1. The molecule has 0 radical (unpaired) electrons. The van der Waals surface area contributed by atoms with Gasteiger partial charge in [-0.1, -0.05) is 0 Å². The Morgan fingerprint density at radius 2 is 2.12 bits per heavy atom. The molecule has 7 nitrogen and oxygen atoms in total. The van der Waals surface area contributed by atoms with Crippen LogP contribution in [0.5, 0.6) is 0 Å². The van der Waals surface area contributed by atoms with Gasteiger partial charge in [-0.2, -0.15) is 0 Å². The summed E-state index contributed by atoms with van der Waals surface area (Å²) in [4.78, 5) is 23.9. The topological polar surface area (TPSA) is 98.2 Å². The van der Waals surface area contributed by atoms with Crippen molar-refractivity contribution in [3.05, 3.63) is 33.1 Å². The average molecular weight is 248 g/mol. The van der Waals surface area contributed by atoms with Gasteiger partial charge in [0, 0.05) is 18.5 Å². The Morgan fingerprint density at radius 1 is 1.44 bits per heavy atom. The fourth-order valence-electron chi connectivity index (χ4n) is 0.919. The van der Waals surface area contributed by atoms with Crippen molar-refractivity contribution in [1.29, 1.82) is 0 Å². The van der Waals surface area contributed by atoms with E-state index < -0.39 is 21.1 Å². The van der Waals surface area contributed by atoms with Crippen molar-refractivity contribution in [1.82, 2.24) is 9.55 Å². The summed E-state index contributed by atoms with van der Waals surface area (Å²) in [6.45, 7) is -0.0878. The summed E-state index contributed by atoms with van der Waals surface area (Å²) in [5.74, 6) is -0.106. The van der Waals surface area contributed by atoms with Gasteiger partial charge in [-0.25, -0.2) is 13.2 Å². The zero-order valence-corrected chi connectivity index (χ0v) is 9.49. The van der Waals surface area contributed by atoms with E-state index in [4.69, 9.17) is 4.74 Å². The molecule has 90 valence electrons. The summed E-state index contributed by atoms with van der Waals surface area (Å²) >= 11 is 0. The number of hydrogen-bond donors (Lipinski definition) is 1. The minimum atomic E-state index is -3.07.